The van der Waals surface area contributed by atoms with E-state index in [4.69, 9.17) is 11.6 Å². The summed E-state index contributed by atoms with van der Waals surface area (Å²) in [5.74, 6) is 0.197. The van der Waals surface area contributed by atoms with Gasteiger partial charge < -0.3 is 4.90 Å². The molecule has 1 aromatic heterocycles. The molecule has 0 radical (unpaired) electrons. The first-order valence-corrected chi connectivity index (χ1v) is 7.28. The van der Waals surface area contributed by atoms with Crippen molar-refractivity contribution >= 4 is 33.9 Å². The molecule has 0 amide bonds. The topological polar surface area (TPSA) is 72.2 Å². The first-order chi connectivity index (χ1) is 11.1. The number of nitro groups is 1. The van der Waals surface area contributed by atoms with Crippen LogP contribution in [0.4, 0.5) is 11.5 Å². The summed E-state index contributed by atoms with van der Waals surface area (Å²) in [6, 6.07) is 14.0. The number of anilines is 1. The van der Waals surface area contributed by atoms with Crippen LogP contribution in [-0.4, -0.2) is 21.9 Å². The Balaban J connectivity index is 2.00. The third-order valence-corrected chi connectivity index (χ3v) is 3.87. The molecule has 6 nitrogen and oxygen atoms in total. The van der Waals surface area contributed by atoms with Crippen LogP contribution in [-0.2, 0) is 6.54 Å². The molecule has 0 spiro atoms. The lowest BCUT2D eigenvalue weighted by Gasteiger charge is -2.19. The minimum atomic E-state index is -0.558. The van der Waals surface area contributed by atoms with Crippen LogP contribution < -0.4 is 4.90 Å². The number of hydrogen-bond acceptors (Lipinski definition) is 5. The molecule has 0 saturated heterocycles. The molecule has 0 bridgehead atoms. The van der Waals surface area contributed by atoms with Gasteiger partial charge in [-0.25, -0.2) is 9.97 Å². The summed E-state index contributed by atoms with van der Waals surface area (Å²) in [6.07, 6.45) is 1.23. The Kier molecular flexibility index (Phi) is 4.08. The zero-order valence-electron chi connectivity index (χ0n) is 12.3. The first kappa shape index (κ1) is 15.2. The van der Waals surface area contributed by atoms with Gasteiger partial charge in [0.1, 0.15) is 6.33 Å². The highest BCUT2D eigenvalue weighted by Gasteiger charge is 2.24. The van der Waals surface area contributed by atoms with Gasteiger partial charge >= 0.3 is 5.69 Å². The largest absolute Gasteiger partial charge is 0.349 e. The molecule has 0 fully saturated rings. The molecule has 3 rings (SSSR count). The standard InChI is InChI=1S/C16H13ClN4O2/c1-20(16-14(21(22)23)15(17)18-10-19-16)9-12-7-4-6-11-5-2-3-8-13(11)12/h2-8,10H,9H2,1H3. The molecule has 0 aliphatic rings. The highest BCUT2D eigenvalue weighted by molar-refractivity contribution is 6.31. The normalized spacial score (nSPS) is 10.7. The van der Waals surface area contributed by atoms with Crippen LogP contribution in [0.2, 0.25) is 5.15 Å². The van der Waals surface area contributed by atoms with E-state index in [1.165, 1.54) is 6.33 Å². The molecule has 0 saturated carbocycles. The SMILES string of the molecule is CN(Cc1cccc2ccccc12)c1ncnc(Cl)c1[N+](=O)[O-]. The molecule has 3 aromatic rings. The molecular weight excluding hydrogens is 316 g/mol. The number of nitrogens with zero attached hydrogens (tertiary/aromatic N) is 4. The van der Waals surface area contributed by atoms with E-state index < -0.39 is 4.92 Å². The number of hydrogen-bond donors (Lipinski definition) is 0. The minimum absolute atomic E-state index is 0.162. The average Bonchev–Trinajstić information content (AvgIpc) is 2.54. The van der Waals surface area contributed by atoms with Crippen molar-refractivity contribution in [2.75, 3.05) is 11.9 Å². The number of benzene rings is 2. The smallest absolute Gasteiger partial charge is 0.348 e. The molecular formula is C16H13ClN4O2. The number of halogens is 1. The predicted octanol–water partition coefficient (Wildman–Crippen LogP) is 3.83. The van der Waals surface area contributed by atoms with Gasteiger partial charge in [-0.15, -0.1) is 0 Å². The molecule has 116 valence electrons. The minimum Gasteiger partial charge on any atom is -0.349 e. The van der Waals surface area contributed by atoms with Crippen molar-refractivity contribution in [3.05, 3.63) is 69.6 Å². The van der Waals surface area contributed by atoms with Crippen molar-refractivity contribution in [1.29, 1.82) is 0 Å². The van der Waals surface area contributed by atoms with Crippen molar-refractivity contribution in [1.82, 2.24) is 9.97 Å². The molecule has 7 heteroatoms. The van der Waals surface area contributed by atoms with Gasteiger partial charge in [-0.3, -0.25) is 10.1 Å². The van der Waals surface area contributed by atoms with E-state index in [-0.39, 0.29) is 16.7 Å². The maximum atomic E-state index is 11.2. The second-order valence-corrected chi connectivity index (χ2v) is 5.45. The molecule has 23 heavy (non-hydrogen) atoms. The predicted molar refractivity (Wildman–Crippen MR) is 89.8 cm³/mol. The average molecular weight is 329 g/mol. The molecule has 0 aliphatic carbocycles. The first-order valence-electron chi connectivity index (χ1n) is 6.90. The Hall–Kier alpha value is -2.73. The van der Waals surface area contributed by atoms with Gasteiger partial charge in [-0.1, -0.05) is 54.1 Å². The van der Waals surface area contributed by atoms with Gasteiger partial charge in [0.05, 0.1) is 4.92 Å². The fourth-order valence-electron chi connectivity index (χ4n) is 2.55. The quantitative estimate of drug-likeness (QED) is 0.413. The maximum absolute atomic E-state index is 11.2. The summed E-state index contributed by atoms with van der Waals surface area (Å²) in [4.78, 5) is 20.1. The molecule has 0 N–H and O–H groups in total. The van der Waals surface area contributed by atoms with Crippen molar-refractivity contribution in [2.24, 2.45) is 0 Å². The maximum Gasteiger partial charge on any atom is 0.348 e. The van der Waals surface area contributed by atoms with Crippen molar-refractivity contribution in [3.63, 3.8) is 0 Å². The van der Waals surface area contributed by atoms with Crippen LogP contribution in [0.1, 0.15) is 5.56 Å². The number of rotatable bonds is 4. The van der Waals surface area contributed by atoms with Gasteiger partial charge in [0.25, 0.3) is 0 Å². The summed E-state index contributed by atoms with van der Waals surface area (Å²) in [6.45, 7) is 0.468. The summed E-state index contributed by atoms with van der Waals surface area (Å²) in [5, 5.41) is 13.3. The lowest BCUT2D eigenvalue weighted by molar-refractivity contribution is -0.384. The Morgan fingerprint density at radius 3 is 2.70 bits per heavy atom. The van der Waals surface area contributed by atoms with Crippen molar-refractivity contribution in [2.45, 2.75) is 6.54 Å². The van der Waals surface area contributed by atoms with Crippen molar-refractivity contribution in [3.8, 4) is 0 Å². The van der Waals surface area contributed by atoms with Crippen LogP contribution in [0.3, 0.4) is 0 Å². The molecule has 1 heterocycles. The molecule has 0 aliphatic heterocycles. The van der Waals surface area contributed by atoms with E-state index in [0.717, 1.165) is 16.3 Å². The van der Waals surface area contributed by atoms with E-state index >= 15 is 0 Å². The highest BCUT2D eigenvalue weighted by atomic mass is 35.5. The van der Waals surface area contributed by atoms with E-state index in [0.29, 0.717) is 6.54 Å². The van der Waals surface area contributed by atoms with Crippen LogP contribution in [0.5, 0.6) is 0 Å². The Labute approximate surface area is 137 Å². The second-order valence-electron chi connectivity index (χ2n) is 5.09. The summed E-state index contributed by atoms with van der Waals surface area (Å²) >= 11 is 5.85. The molecule has 0 atom stereocenters. The van der Waals surface area contributed by atoms with Crippen molar-refractivity contribution < 1.29 is 4.92 Å². The Morgan fingerprint density at radius 1 is 1.17 bits per heavy atom. The van der Waals surface area contributed by atoms with Gasteiger partial charge in [0.15, 0.2) is 0 Å². The zero-order chi connectivity index (χ0) is 16.4. The summed E-state index contributed by atoms with van der Waals surface area (Å²) in [5.41, 5.74) is 0.770. The third-order valence-electron chi connectivity index (χ3n) is 3.59. The number of fused-ring (bicyclic) bond motifs is 1. The molecule has 0 unspecified atom stereocenters. The van der Waals surface area contributed by atoms with Gasteiger partial charge in [-0.2, -0.15) is 0 Å². The Morgan fingerprint density at radius 2 is 1.91 bits per heavy atom. The lowest BCUT2D eigenvalue weighted by atomic mass is 10.0. The van der Waals surface area contributed by atoms with E-state index in [9.17, 15) is 10.1 Å². The third kappa shape index (κ3) is 2.93. The van der Waals surface area contributed by atoms with E-state index in [1.54, 1.807) is 11.9 Å². The zero-order valence-corrected chi connectivity index (χ0v) is 13.1. The van der Waals surface area contributed by atoms with Gasteiger partial charge in [0.2, 0.25) is 11.0 Å². The van der Waals surface area contributed by atoms with E-state index in [1.807, 2.05) is 42.5 Å². The summed E-state index contributed by atoms with van der Waals surface area (Å²) < 4.78 is 0. The Bertz CT molecular complexity index is 880. The summed E-state index contributed by atoms with van der Waals surface area (Å²) in [7, 11) is 1.74. The van der Waals surface area contributed by atoms with Crippen LogP contribution in [0.15, 0.2) is 48.8 Å². The van der Waals surface area contributed by atoms with E-state index in [2.05, 4.69) is 9.97 Å². The van der Waals surface area contributed by atoms with Gasteiger partial charge in [0, 0.05) is 13.6 Å². The van der Waals surface area contributed by atoms with Crippen LogP contribution in [0, 0.1) is 10.1 Å². The van der Waals surface area contributed by atoms with Gasteiger partial charge in [-0.05, 0) is 16.3 Å². The van der Waals surface area contributed by atoms with Crippen LogP contribution in [0.25, 0.3) is 10.8 Å². The number of aromatic nitrogens is 2. The highest BCUT2D eigenvalue weighted by Crippen LogP contribution is 2.32. The fourth-order valence-corrected chi connectivity index (χ4v) is 2.74. The second kappa shape index (κ2) is 6.18. The monoisotopic (exact) mass is 328 g/mol. The fraction of sp³-hybridized carbons (Fsp3) is 0.125. The molecule has 2 aromatic carbocycles. The lowest BCUT2D eigenvalue weighted by Crippen LogP contribution is -2.19. The van der Waals surface area contributed by atoms with Crippen LogP contribution >= 0.6 is 11.6 Å².